The number of benzene rings is 1. The first-order valence-electron chi connectivity index (χ1n) is 13.1. The van der Waals surface area contributed by atoms with Gasteiger partial charge in [-0.2, -0.15) is 22.9 Å². The van der Waals surface area contributed by atoms with E-state index in [-0.39, 0.29) is 41.1 Å². The van der Waals surface area contributed by atoms with Crippen LogP contribution in [0, 0.1) is 5.41 Å². The number of aromatic nitrogens is 1. The number of rotatable bonds is 4. The molecular formula is C27H30Cl2F3N5O4+2. The van der Waals surface area contributed by atoms with Crippen molar-refractivity contribution in [3.8, 4) is 0 Å². The minimum Gasteiger partial charge on any atom is -0.329 e. The van der Waals surface area contributed by atoms with E-state index in [0.29, 0.717) is 29.5 Å². The Bertz CT molecular complexity index is 1430. The van der Waals surface area contributed by atoms with Gasteiger partial charge in [0.15, 0.2) is 0 Å². The monoisotopic (exact) mass is 615 g/mol. The molecule has 6 rings (SSSR count). The van der Waals surface area contributed by atoms with Crippen molar-refractivity contribution in [1.82, 2.24) is 9.55 Å². The first kappa shape index (κ1) is 29.4. The number of anilines is 2. The van der Waals surface area contributed by atoms with Gasteiger partial charge in [-0.3, -0.25) is 9.69 Å². The number of H-pyrrole nitrogens is 1. The zero-order valence-electron chi connectivity index (χ0n) is 22.9. The molecule has 3 amide bonds. The summed E-state index contributed by atoms with van der Waals surface area (Å²) in [6, 6.07) is 6.98. The summed E-state index contributed by atoms with van der Waals surface area (Å²) < 4.78 is 38.6. The van der Waals surface area contributed by atoms with E-state index in [0.717, 1.165) is 12.8 Å². The molecule has 2 bridgehead atoms. The Hall–Kier alpha value is -3.09. The molecule has 3 fully saturated rings. The second kappa shape index (κ2) is 10.0. The number of nitrogens with one attached hydrogen (secondary N) is 1. The normalized spacial score (nSPS) is 24.1. The molecule has 2 aromatic rings. The molecule has 3 unspecified atom stereocenters. The van der Waals surface area contributed by atoms with E-state index in [1.165, 1.54) is 24.1 Å². The van der Waals surface area contributed by atoms with Crippen LogP contribution >= 0.6 is 23.2 Å². The van der Waals surface area contributed by atoms with Gasteiger partial charge in [0.25, 0.3) is 11.6 Å². The van der Waals surface area contributed by atoms with Gasteiger partial charge in [-0.25, -0.2) is 14.6 Å². The molecule has 3 saturated heterocycles. The molecule has 4 aliphatic heterocycles. The fourth-order valence-electron chi connectivity index (χ4n) is 5.94. The maximum Gasteiger partial charge on any atom is 0.529 e. The zero-order chi connectivity index (χ0) is 30.1. The molecule has 9 nitrogen and oxygen atoms in total. The highest BCUT2D eigenvalue weighted by Gasteiger charge is 2.64. The van der Waals surface area contributed by atoms with Gasteiger partial charge in [0.2, 0.25) is 5.82 Å². The highest BCUT2D eigenvalue weighted by atomic mass is 35.5. The van der Waals surface area contributed by atoms with Crippen LogP contribution in [0.5, 0.6) is 0 Å². The number of alkyl halides is 3. The fourth-order valence-corrected chi connectivity index (χ4v) is 6.43. The SMILES string of the molecule is CN1C(=O)[N+](CC(C)(C)C)(OC(=O)C(F)(F)F)c2ccc(N3CC4CCC3CN4C(=O)c3ccc(Cl)cc3Cl)[nH+]c21. The summed E-state index contributed by atoms with van der Waals surface area (Å²) in [5.74, 6) is -1.76. The number of carbonyl (C=O) groups is 3. The Balaban J connectivity index is 1.45. The van der Waals surface area contributed by atoms with E-state index in [2.05, 4.69) is 9.88 Å². The largest absolute Gasteiger partial charge is 0.529 e. The second-order valence-electron chi connectivity index (χ2n) is 11.9. The third-order valence-corrected chi connectivity index (χ3v) is 8.19. The van der Waals surface area contributed by atoms with Crippen molar-refractivity contribution < 1.29 is 37.4 Å². The van der Waals surface area contributed by atoms with Gasteiger partial charge in [-0.15, -0.1) is 0 Å². The van der Waals surface area contributed by atoms with Gasteiger partial charge in [-0.1, -0.05) is 44.0 Å². The van der Waals surface area contributed by atoms with Crippen LogP contribution < -0.4 is 19.4 Å². The predicted octanol–water partition coefficient (Wildman–Crippen LogP) is 5.24. The lowest BCUT2D eigenvalue weighted by Gasteiger charge is -2.49. The minimum absolute atomic E-state index is 0.0522. The average molecular weight is 616 g/mol. The predicted molar refractivity (Wildman–Crippen MR) is 147 cm³/mol. The molecule has 4 aliphatic rings. The molecule has 41 heavy (non-hydrogen) atoms. The van der Waals surface area contributed by atoms with E-state index in [9.17, 15) is 27.6 Å². The summed E-state index contributed by atoms with van der Waals surface area (Å²) in [6.07, 6.45) is -3.67. The quantitative estimate of drug-likeness (QED) is 0.439. The molecule has 1 aromatic carbocycles. The number of fused-ring (bicyclic) bond motifs is 4. The Morgan fingerprint density at radius 3 is 2.34 bits per heavy atom. The number of hydroxylamine groups is 2. The summed E-state index contributed by atoms with van der Waals surface area (Å²) in [4.78, 5) is 52.1. The van der Waals surface area contributed by atoms with Crippen LogP contribution in [-0.4, -0.2) is 67.7 Å². The van der Waals surface area contributed by atoms with Crippen LogP contribution in [0.25, 0.3) is 0 Å². The lowest BCUT2D eigenvalue weighted by molar-refractivity contribution is -0.349. The highest BCUT2D eigenvalue weighted by Crippen LogP contribution is 2.44. The van der Waals surface area contributed by atoms with Crippen molar-refractivity contribution in [3.05, 3.63) is 45.9 Å². The molecule has 0 spiro atoms. The number of pyridine rings is 1. The number of halogens is 5. The van der Waals surface area contributed by atoms with E-state index in [4.69, 9.17) is 28.0 Å². The lowest BCUT2D eigenvalue weighted by Crippen LogP contribution is -2.64. The number of carbonyl (C=O) groups excluding carboxylic acids is 3. The average Bonchev–Trinajstić information content (AvgIpc) is 3.08. The number of amides is 3. The van der Waals surface area contributed by atoms with Crippen LogP contribution in [0.15, 0.2) is 30.3 Å². The maximum absolute atomic E-state index is 13.5. The van der Waals surface area contributed by atoms with E-state index in [1.807, 2.05) is 4.90 Å². The highest BCUT2D eigenvalue weighted by molar-refractivity contribution is 6.36. The number of piperidine rings is 2. The van der Waals surface area contributed by atoms with Crippen LogP contribution in [0.2, 0.25) is 10.0 Å². The third kappa shape index (κ3) is 5.21. The summed E-state index contributed by atoms with van der Waals surface area (Å²) in [7, 11) is 1.42. The van der Waals surface area contributed by atoms with Gasteiger partial charge in [0.05, 0.1) is 42.8 Å². The van der Waals surface area contributed by atoms with Crippen molar-refractivity contribution in [1.29, 1.82) is 0 Å². The van der Waals surface area contributed by atoms with Crippen molar-refractivity contribution in [3.63, 3.8) is 0 Å². The first-order chi connectivity index (χ1) is 19.0. The van der Waals surface area contributed by atoms with E-state index < -0.39 is 28.2 Å². The van der Waals surface area contributed by atoms with Gasteiger partial charge in [-0.05, 0) is 31.0 Å². The fraction of sp³-hybridized carbons (Fsp3) is 0.481. The maximum atomic E-state index is 13.5. The van der Waals surface area contributed by atoms with E-state index in [1.54, 1.807) is 39.0 Å². The number of piperazine rings is 1. The molecule has 0 saturated carbocycles. The van der Waals surface area contributed by atoms with Crippen LogP contribution in [0.4, 0.5) is 35.3 Å². The molecule has 1 N–H and O–H groups in total. The molecule has 14 heteroatoms. The molecule has 3 atom stereocenters. The standard InChI is InChI=1S/C27H29Cl2F3N5O4/c1-26(2,3)14-37(41-24(39)27(30,31)32)20-9-10-21(33-22(20)34(4)25(37)40)35-12-17-7-6-16(35)13-36(17)23(38)18-8-5-15(28)11-19(18)29/h5,8-11,16-17H,6-7,12-14H2,1-4H3/q+1/p+1. The molecule has 5 heterocycles. The molecule has 1 aromatic heterocycles. The smallest absolute Gasteiger partial charge is 0.329 e. The Labute approximate surface area is 244 Å². The number of urea groups is 1. The van der Waals surface area contributed by atoms with Gasteiger partial charge in [0, 0.05) is 27.2 Å². The number of hydrogen-bond acceptors (Lipinski definition) is 5. The number of nitrogens with zero attached hydrogens (tertiary/aromatic N) is 4. The van der Waals surface area contributed by atoms with Crippen LogP contribution in [-0.2, 0) is 9.63 Å². The number of aromatic amines is 1. The lowest BCUT2D eigenvalue weighted by atomic mass is 9.90. The Kier molecular flexibility index (Phi) is 7.19. The third-order valence-electron chi connectivity index (χ3n) is 7.64. The zero-order valence-corrected chi connectivity index (χ0v) is 24.4. The minimum atomic E-state index is -5.28. The molecule has 0 radical (unpaired) electrons. The molecular weight excluding hydrogens is 586 g/mol. The van der Waals surface area contributed by atoms with Gasteiger partial charge in [0.1, 0.15) is 6.54 Å². The van der Waals surface area contributed by atoms with Crippen LogP contribution in [0.1, 0.15) is 44.0 Å². The summed E-state index contributed by atoms with van der Waals surface area (Å²) in [6.45, 7) is 5.96. The van der Waals surface area contributed by atoms with Crippen molar-refractivity contribution in [2.24, 2.45) is 5.41 Å². The Morgan fingerprint density at radius 2 is 1.76 bits per heavy atom. The molecule has 220 valence electrons. The summed E-state index contributed by atoms with van der Waals surface area (Å²) >= 11 is 12.3. The van der Waals surface area contributed by atoms with Gasteiger partial charge < -0.3 is 4.90 Å². The number of quaternary nitrogens is 1. The summed E-state index contributed by atoms with van der Waals surface area (Å²) in [5.41, 5.74) is -0.205. The second-order valence-corrected chi connectivity index (χ2v) is 12.7. The van der Waals surface area contributed by atoms with Crippen molar-refractivity contribution in [2.75, 3.05) is 36.5 Å². The number of hydrogen-bond donors (Lipinski definition) is 0. The Morgan fingerprint density at radius 1 is 1.07 bits per heavy atom. The molecule has 0 aliphatic carbocycles. The van der Waals surface area contributed by atoms with Crippen molar-refractivity contribution >= 4 is 58.4 Å². The van der Waals surface area contributed by atoms with E-state index >= 15 is 0 Å². The topological polar surface area (TPSA) is 84.3 Å². The summed E-state index contributed by atoms with van der Waals surface area (Å²) in [5, 5.41) is 0.718. The van der Waals surface area contributed by atoms with Crippen molar-refractivity contribution in [2.45, 2.75) is 51.9 Å². The van der Waals surface area contributed by atoms with Crippen LogP contribution in [0.3, 0.4) is 0 Å². The van der Waals surface area contributed by atoms with Gasteiger partial charge >= 0.3 is 24.0 Å². The first-order valence-corrected chi connectivity index (χ1v) is 13.8.